The molecule has 13 heavy (non-hydrogen) atoms. The molecule has 0 aromatic carbocycles. The van der Waals surface area contributed by atoms with Gasteiger partial charge in [-0.3, -0.25) is 4.79 Å². The second kappa shape index (κ2) is 9.72. The summed E-state index contributed by atoms with van der Waals surface area (Å²) in [5, 5.41) is 3.29. The van der Waals surface area contributed by atoms with E-state index in [9.17, 15) is 4.79 Å². The highest BCUT2D eigenvalue weighted by molar-refractivity contribution is 5.77. The number of hydrogen-bond donors (Lipinski definition) is 1. The van der Waals surface area contributed by atoms with Crippen molar-refractivity contribution in [3.63, 3.8) is 0 Å². The highest BCUT2D eigenvalue weighted by Crippen LogP contribution is 2.03. The van der Waals surface area contributed by atoms with Crippen molar-refractivity contribution in [3.8, 4) is 0 Å². The lowest BCUT2D eigenvalue weighted by atomic mass is 10.1. The molecule has 2 nitrogen and oxygen atoms in total. The Labute approximate surface area is 83.6 Å². The third kappa shape index (κ3) is 9.54. The zero-order valence-corrected chi connectivity index (χ0v) is 9.07. The van der Waals surface area contributed by atoms with Gasteiger partial charge in [-0.15, -0.1) is 0 Å². The zero-order valence-electron chi connectivity index (χ0n) is 9.07. The average molecular weight is 187 g/mol. The van der Waals surface area contributed by atoms with E-state index in [1.807, 2.05) is 6.92 Å². The Morgan fingerprint density at radius 1 is 1.15 bits per heavy atom. The number of carbonyl (C=O) groups excluding carboxylic acids is 1. The van der Waals surface area contributed by atoms with E-state index < -0.39 is 0 Å². The second-order valence-electron chi connectivity index (χ2n) is 3.41. The standard InChI is InChI=1S/C11H23NO.H2/c1-3-11(13)9-7-5-6-8-10-12-4-2;/h12H,3-10H2,1-2H3;1H. The fourth-order valence-corrected chi connectivity index (χ4v) is 1.28. The van der Waals surface area contributed by atoms with Crippen LogP contribution in [0.3, 0.4) is 0 Å². The van der Waals surface area contributed by atoms with Crippen LogP contribution in [0.2, 0.25) is 0 Å². The predicted molar refractivity (Wildman–Crippen MR) is 59.0 cm³/mol. The van der Waals surface area contributed by atoms with Crippen LogP contribution in [-0.4, -0.2) is 18.9 Å². The van der Waals surface area contributed by atoms with Crippen LogP contribution in [0.5, 0.6) is 0 Å². The molecule has 0 bridgehead atoms. The Balaban J connectivity index is 0. The van der Waals surface area contributed by atoms with Gasteiger partial charge in [-0.05, 0) is 25.9 Å². The van der Waals surface area contributed by atoms with Crippen LogP contribution in [-0.2, 0) is 4.79 Å². The maximum atomic E-state index is 10.9. The van der Waals surface area contributed by atoms with E-state index in [4.69, 9.17) is 0 Å². The molecule has 0 aliphatic carbocycles. The molecule has 0 radical (unpaired) electrons. The molecule has 0 saturated carbocycles. The summed E-state index contributed by atoms with van der Waals surface area (Å²) in [6.07, 6.45) is 6.28. The Bertz CT molecular complexity index is 128. The lowest BCUT2D eigenvalue weighted by Crippen LogP contribution is -2.13. The molecule has 0 atom stereocenters. The Hall–Kier alpha value is -0.370. The third-order valence-electron chi connectivity index (χ3n) is 2.20. The van der Waals surface area contributed by atoms with Crippen molar-refractivity contribution in [2.24, 2.45) is 0 Å². The van der Waals surface area contributed by atoms with Gasteiger partial charge in [0.2, 0.25) is 0 Å². The van der Waals surface area contributed by atoms with Crippen LogP contribution in [0.4, 0.5) is 0 Å². The Morgan fingerprint density at radius 3 is 2.46 bits per heavy atom. The van der Waals surface area contributed by atoms with Gasteiger partial charge in [0.1, 0.15) is 5.78 Å². The van der Waals surface area contributed by atoms with E-state index in [0.29, 0.717) is 12.2 Å². The summed E-state index contributed by atoms with van der Waals surface area (Å²) >= 11 is 0. The van der Waals surface area contributed by atoms with E-state index in [1.54, 1.807) is 0 Å². The predicted octanol–water partition coefficient (Wildman–Crippen LogP) is 2.77. The van der Waals surface area contributed by atoms with Crippen LogP contribution >= 0.6 is 0 Å². The van der Waals surface area contributed by atoms with Crippen molar-refractivity contribution in [1.29, 1.82) is 0 Å². The molecule has 0 spiro atoms. The van der Waals surface area contributed by atoms with Gasteiger partial charge in [0.15, 0.2) is 0 Å². The first-order chi connectivity index (χ1) is 6.31. The number of ketones is 1. The summed E-state index contributed by atoms with van der Waals surface area (Å²) in [4.78, 5) is 10.9. The van der Waals surface area contributed by atoms with E-state index in [0.717, 1.165) is 25.9 Å². The van der Waals surface area contributed by atoms with Crippen LogP contribution in [0.1, 0.15) is 53.8 Å². The number of carbonyl (C=O) groups is 1. The van der Waals surface area contributed by atoms with Crippen molar-refractivity contribution in [2.75, 3.05) is 13.1 Å². The Kier molecular flexibility index (Phi) is 9.44. The molecule has 0 amide bonds. The molecular formula is C11H25NO. The van der Waals surface area contributed by atoms with Crippen molar-refractivity contribution in [2.45, 2.75) is 52.4 Å². The van der Waals surface area contributed by atoms with Gasteiger partial charge < -0.3 is 5.32 Å². The molecule has 0 saturated heterocycles. The molecule has 0 aromatic rings. The molecule has 0 aliphatic rings. The van der Waals surface area contributed by atoms with Crippen LogP contribution in [0, 0.1) is 0 Å². The monoisotopic (exact) mass is 187 g/mol. The maximum absolute atomic E-state index is 10.9. The van der Waals surface area contributed by atoms with E-state index in [1.165, 1.54) is 19.3 Å². The normalized spacial score (nSPS) is 10.3. The van der Waals surface area contributed by atoms with Crippen LogP contribution in [0.25, 0.3) is 0 Å². The van der Waals surface area contributed by atoms with E-state index >= 15 is 0 Å². The molecule has 0 fully saturated rings. The largest absolute Gasteiger partial charge is 0.317 e. The highest BCUT2D eigenvalue weighted by Gasteiger charge is 1.96. The third-order valence-corrected chi connectivity index (χ3v) is 2.20. The topological polar surface area (TPSA) is 29.1 Å². The van der Waals surface area contributed by atoms with Crippen LogP contribution < -0.4 is 5.32 Å². The summed E-state index contributed by atoms with van der Waals surface area (Å²) in [5.41, 5.74) is 0. The summed E-state index contributed by atoms with van der Waals surface area (Å²) in [5.74, 6) is 0.409. The molecule has 80 valence electrons. The fourth-order valence-electron chi connectivity index (χ4n) is 1.28. The first-order valence-electron chi connectivity index (χ1n) is 5.53. The molecule has 1 N–H and O–H groups in total. The number of nitrogens with one attached hydrogen (secondary N) is 1. The van der Waals surface area contributed by atoms with Crippen LogP contribution in [0.15, 0.2) is 0 Å². The lowest BCUT2D eigenvalue weighted by molar-refractivity contribution is -0.118. The van der Waals surface area contributed by atoms with E-state index in [-0.39, 0.29) is 1.43 Å². The minimum atomic E-state index is 0. The molecule has 0 aliphatic heterocycles. The lowest BCUT2D eigenvalue weighted by Gasteiger charge is -2.01. The smallest absolute Gasteiger partial charge is 0.132 e. The van der Waals surface area contributed by atoms with Gasteiger partial charge in [0.25, 0.3) is 0 Å². The summed E-state index contributed by atoms with van der Waals surface area (Å²) in [6, 6.07) is 0. The van der Waals surface area contributed by atoms with Crippen molar-refractivity contribution in [3.05, 3.63) is 0 Å². The average Bonchev–Trinajstić information content (AvgIpc) is 2.16. The van der Waals surface area contributed by atoms with Crippen molar-refractivity contribution < 1.29 is 6.22 Å². The summed E-state index contributed by atoms with van der Waals surface area (Å²) in [6.45, 7) is 6.25. The second-order valence-corrected chi connectivity index (χ2v) is 3.41. The van der Waals surface area contributed by atoms with Crippen molar-refractivity contribution >= 4 is 5.78 Å². The SMILES string of the molecule is CCNCCCCCCC(=O)CC.[HH]. The first-order valence-corrected chi connectivity index (χ1v) is 5.53. The highest BCUT2D eigenvalue weighted by atomic mass is 16.1. The Morgan fingerprint density at radius 2 is 1.85 bits per heavy atom. The molecule has 0 aromatic heterocycles. The molecule has 0 unspecified atom stereocenters. The molecular weight excluding hydrogens is 162 g/mol. The van der Waals surface area contributed by atoms with Gasteiger partial charge in [-0.25, -0.2) is 0 Å². The van der Waals surface area contributed by atoms with Gasteiger partial charge in [-0.2, -0.15) is 0 Å². The fraction of sp³-hybridized carbons (Fsp3) is 0.909. The van der Waals surface area contributed by atoms with Gasteiger partial charge >= 0.3 is 0 Å². The molecule has 0 rings (SSSR count). The number of rotatable bonds is 9. The minimum absolute atomic E-state index is 0. The quantitative estimate of drug-likeness (QED) is 0.562. The van der Waals surface area contributed by atoms with Gasteiger partial charge in [0.05, 0.1) is 0 Å². The van der Waals surface area contributed by atoms with Gasteiger partial charge in [0, 0.05) is 14.3 Å². The van der Waals surface area contributed by atoms with E-state index in [2.05, 4.69) is 12.2 Å². The van der Waals surface area contributed by atoms with Crippen molar-refractivity contribution in [1.82, 2.24) is 5.32 Å². The summed E-state index contributed by atoms with van der Waals surface area (Å²) < 4.78 is 0. The minimum Gasteiger partial charge on any atom is -0.317 e. The number of Topliss-reactive ketones (excluding diaryl/α,β-unsaturated/α-hetero) is 1. The molecule has 0 heterocycles. The zero-order chi connectivity index (χ0) is 9.94. The first kappa shape index (κ1) is 12.6. The number of hydrogen-bond acceptors (Lipinski definition) is 2. The summed E-state index contributed by atoms with van der Waals surface area (Å²) in [7, 11) is 0. The van der Waals surface area contributed by atoms with Gasteiger partial charge in [-0.1, -0.05) is 26.7 Å². The maximum Gasteiger partial charge on any atom is 0.132 e. The molecule has 2 heteroatoms. The number of unbranched alkanes of at least 4 members (excludes halogenated alkanes) is 3.